The lowest BCUT2D eigenvalue weighted by atomic mass is 10.0. The Morgan fingerprint density at radius 2 is 1.90 bits per heavy atom. The number of benzene rings is 1. The number of β-amino-alcohol motifs (C(OH)–C–C–N with tert-alkyl or cyclic N) is 1. The van der Waals surface area contributed by atoms with Crippen LogP contribution in [0.1, 0.15) is 31.9 Å². The molecule has 0 unspecified atom stereocenters. The molecule has 5 nitrogen and oxygen atoms in total. The highest BCUT2D eigenvalue weighted by molar-refractivity contribution is 6.30. The first-order valence-electron chi connectivity index (χ1n) is 6.94. The van der Waals surface area contributed by atoms with Crippen molar-refractivity contribution < 1.29 is 14.7 Å². The van der Waals surface area contributed by atoms with E-state index in [-0.39, 0.29) is 12.5 Å². The van der Waals surface area contributed by atoms with E-state index in [1.807, 2.05) is 13.8 Å². The summed E-state index contributed by atoms with van der Waals surface area (Å²) in [6.07, 6.45) is -0.326. The van der Waals surface area contributed by atoms with E-state index >= 15 is 0 Å². The summed E-state index contributed by atoms with van der Waals surface area (Å²) in [5.74, 6) is 0.0297. The van der Waals surface area contributed by atoms with Gasteiger partial charge >= 0.3 is 6.03 Å². The van der Waals surface area contributed by atoms with Gasteiger partial charge in [0.15, 0.2) is 0 Å². The molecule has 0 radical (unpaired) electrons. The maximum atomic E-state index is 12.2. The number of hydrogen-bond acceptors (Lipinski definition) is 3. The van der Waals surface area contributed by atoms with Crippen LogP contribution in [0.3, 0.4) is 0 Å². The van der Waals surface area contributed by atoms with Gasteiger partial charge in [-0.05, 0) is 30.0 Å². The SMILES string of the molecule is CC(C)C[C@@H]1NC(=O)N(C[C@@H](O)c2ccc(Cl)cc2)C1=O. The number of amides is 3. The molecule has 0 bridgehead atoms. The zero-order valence-corrected chi connectivity index (χ0v) is 12.8. The zero-order chi connectivity index (χ0) is 15.6. The van der Waals surface area contributed by atoms with Crippen molar-refractivity contribution >= 4 is 23.5 Å². The van der Waals surface area contributed by atoms with Crippen LogP contribution in [0, 0.1) is 5.92 Å². The van der Waals surface area contributed by atoms with E-state index in [0.717, 1.165) is 4.90 Å². The van der Waals surface area contributed by atoms with Crippen molar-refractivity contribution in [1.29, 1.82) is 0 Å². The predicted octanol–water partition coefficient (Wildman–Crippen LogP) is 2.34. The van der Waals surface area contributed by atoms with Crippen LogP contribution in [-0.4, -0.2) is 34.5 Å². The molecule has 1 heterocycles. The average Bonchev–Trinajstić information content (AvgIpc) is 2.66. The monoisotopic (exact) mass is 310 g/mol. The number of imide groups is 1. The summed E-state index contributed by atoms with van der Waals surface area (Å²) in [6, 6.07) is 5.74. The van der Waals surface area contributed by atoms with Crippen molar-refractivity contribution in [2.75, 3.05) is 6.54 Å². The standard InChI is InChI=1S/C15H19ClN2O3/c1-9(2)7-12-14(20)18(15(21)17-12)8-13(19)10-3-5-11(16)6-4-10/h3-6,9,12-13,19H,7-8H2,1-2H3,(H,17,21)/t12-,13+/m0/s1. The molecule has 2 rings (SSSR count). The summed E-state index contributed by atoms with van der Waals surface area (Å²) in [5, 5.41) is 13.4. The van der Waals surface area contributed by atoms with E-state index in [1.165, 1.54) is 0 Å². The Morgan fingerprint density at radius 3 is 2.48 bits per heavy atom. The molecule has 0 aliphatic carbocycles. The Balaban J connectivity index is 2.03. The summed E-state index contributed by atoms with van der Waals surface area (Å²) in [5.41, 5.74) is 0.618. The summed E-state index contributed by atoms with van der Waals surface area (Å²) >= 11 is 5.79. The van der Waals surface area contributed by atoms with Crippen molar-refractivity contribution in [1.82, 2.24) is 10.2 Å². The van der Waals surface area contributed by atoms with Crippen molar-refractivity contribution in [3.63, 3.8) is 0 Å². The number of aliphatic hydroxyl groups excluding tert-OH is 1. The van der Waals surface area contributed by atoms with Gasteiger partial charge in [0.25, 0.3) is 5.91 Å². The summed E-state index contributed by atoms with van der Waals surface area (Å²) in [7, 11) is 0. The van der Waals surface area contributed by atoms with Gasteiger partial charge in [-0.1, -0.05) is 37.6 Å². The molecule has 2 atom stereocenters. The molecular weight excluding hydrogens is 292 g/mol. The van der Waals surface area contributed by atoms with Gasteiger partial charge in [-0.2, -0.15) is 0 Å². The third-order valence-electron chi connectivity index (χ3n) is 3.42. The maximum Gasteiger partial charge on any atom is 0.324 e. The quantitative estimate of drug-likeness (QED) is 0.820. The number of carbonyl (C=O) groups is 2. The van der Waals surface area contributed by atoms with Crippen LogP contribution in [-0.2, 0) is 4.79 Å². The minimum atomic E-state index is -0.922. The topological polar surface area (TPSA) is 69.6 Å². The largest absolute Gasteiger partial charge is 0.387 e. The fourth-order valence-corrected chi connectivity index (χ4v) is 2.47. The normalized spacial score (nSPS) is 20.0. The molecule has 1 aromatic rings. The number of nitrogens with zero attached hydrogens (tertiary/aromatic N) is 1. The van der Waals surface area contributed by atoms with Crippen LogP contribution >= 0.6 is 11.6 Å². The van der Waals surface area contributed by atoms with E-state index < -0.39 is 18.2 Å². The highest BCUT2D eigenvalue weighted by atomic mass is 35.5. The number of nitrogens with one attached hydrogen (secondary N) is 1. The van der Waals surface area contributed by atoms with Crippen LogP contribution in [0.15, 0.2) is 24.3 Å². The van der Waals surface area contributed by atoms with E-state index in [9.17, 15) is 14.7 Å². The fraction of sp³-hybridized carbons (Fsp3) is 0.467. The first-order chi connectivity index (χ1) is 9.88. The van der Waals surface area contributed by atoms with Crippen LogP contribution in [0.4, 0.5) is 4.79 Å². The molecular formula is C15H19ClN2O3. The van der Waals surface area contributed by atoms with Gasteiger partial charge in [-0.25, -0.2) is 4.79 Å². The Hall–Kier alpha value is -1.59. The lowest BCUT2D eigenvalue weighted by Crippen LogP contribution is -2.35. The predicted molar refractivity (Wildman–Crippen MR) is 79.9 cm³/mol. The number of urea groups is 1. The molecule has 2 N–H and O–H groups in total. The molecule has 0 aromatic heterocycles. The van der Waals surface area contributed by atoms with Crippen molar-refractivity contribution in [2.45, 2.75) is 32.4 Å². The Labute approximate surface area is 128 Å². The molecule has 114 valence electrons. The lowest BCUT2D eigenvalue weighted by molar-refractivity contribution is -0.128. The third-order valence-corrected chi connectivity index (χ3v) is 3.68. The van der Waals surface area contributed by atoms with Crippen LogP contribution < -0.4 is 5.32 Å². The second-order valence-corrected chi connectivity index (χ2v) is 6.08. The smallest absolute Gasteiger partial charge is 0.324 e. The van der Waals surface area contributed by atoms with E-state index in [0.29, 0.717) is 22.9 Å². The highest BCUT2D eigenvalue weighted by Gasteiger charge is 2.38. The van der Waals surface area contributed by atoms with E-state index in [2.05, 4.69) is 5.32 Å². The number of carbonyl (C=O) groups excluding carboxylic acids is 2. The highest BCUT2D eigenvalue weighted by Crippen LogP contribution is 2.20. The van der Waals surface area contributed by atoms with E-state index in [4.69, 9.17) is 11.6 Å². The molecule has 21 heavy (non-hydrogen) atoms. The first-order valence-corrected chi connectivity index (χ1v) is 7.31. The molecule has 1 aliphatic rings. The number of aliphatic hydroxyl groups is 1. The van der Waals surface area contributed by atoms with Gasteiger partial charge in [0.2, 0.25) is 0 Å². The summed E-state index contributed by atoms with van der Waals surface area (Å²) in [4.78, 5) is 25.1. The maximum absolute atomic E-state index is 12.2. The van der Waals surface area contributed by atoms with Crippen molar-refractivity contribution in [2.24, 2.45) is 5.92 Å². The van der Waals surface area contributed by atoms with Gasteiger partial charge in [0.05, 0.1) is 12.6 Å². The molecule has 1 fully saturated rings. The Bertz CT molecular complexity index is 530. The zero-order valence-electron chi connectivity index (χ0n) is 12.0. The minimum Gasteiger partial charge on any atom is -0.387 e. The van der Waals surface area contributed by atoms with Crippen molar-refractivity contribution in [3.05, 3.63) is 34.9 Å². The van der Waals surface area contributed by atoms with Crippen LogP contribution in [0.25, 0.3) is 0 Å². The average molecular weight is 311 g/mol. The van der Waals surface area contributed by atoms with Gasteiger partial charge in [-0.15, -0.1) is 0 Å². The minimum absolute atomic E-state index is 0.0547. The molecule has 1 saturated heterocycles. The van der Waals surface area contributed by atoms with Crippen LogP contribution in [0.5, 0.6) is 0 Å². The van der Waals surface area contributed by atoms with E-state index in [1.54, 1.807) is 24.3 Å². The van der Waals surface area contributed by atoms with Gasteiger partial charge in [0, 0.05) is 5.02 Å². The number of hydrogen-bond donors (Lipinski definition) is 2. The number of rotatable bonds is 5. The van der Waals surface area contributed by atoms with Gasteiger partial charge < -0.3 is 10.4 Å². The number of halogens is 1. The first kappa shape index (κ1) is 15.8. The molecule has 0 spiro atoms. The van der Waals surface area contributed by atoms with Crippen LogP contribution in [0.2, 0.25) is 5.02 Å². The van der Waals surface area contributed by atoms with Crippen molar-refractivity contribution in [3.8, 4) is 0 Å². The second kappa shape index (κ2) is 6.45. The Morgan fingerprint density at radius 1 is 1.29 bits per heavy atom. The third kappa shape index (κ3) is 3.74. The second-order valence-electron chi connectivity index (χ2n) is 5.65. The Kier molecular flexibility index (Phi) is 4.85. The molecule has 0 saturated carbocycles. The molecule has 6 heteroatoms. The summed E-state index contributed by atoms with van der Waals surface area (Å²) < 4.78 is 0. The fourth-order valence-electron chi connectivity index (χ4n) is 2.34. The molecule has 3 amide bonds. The molecule has 1 aliphatic heterocycles. The van der Waals surface area contributed by atoms with Gasteiger partial charge in [0.1, 0.15) is 6.04 Å². The van der Waals surface area contributed by atoms with Gasteiger partial charge in [-0.3, -0.25) is 9.69 Å². The lowest BCUT2D eigenvalue weighted by Gasteiger charge is -2.18. The summed E-state index contributed by atoms with van der Waals surface area (Å²) in [6.45, 7) is 3.93. The molecule has 1 aromatic carbocycles.